The van der Waals surface area contributed by atoms with Crippen LogP contribution in [0.3, 0.4) is 0 Å². The summed E-state index contributed by atoms with van der Waals surface area (Å²) in [5.41, 5.74) is 0.883. The minimum absolute atomic E-state index is 0.000801. The fourth-order valence-electron chi connectivity index (χ4n) is 2.37. The minimum Gasteiger partial charge on any atom is -0.395 e. The van der Waals surface area contributed by atoms with Crippen molar-refractivity contribution >= 4 is 5.91 Å². The molecule has 0 bridgehead atoms. The molecule has 0 saturated heterocycles. The lowest BCUT2D eigenvalue weighted by molar-refractivity contribution is 0.0863. The molecule has 0 radical (unpaired) electrons. The Kier molecular flexibility index (Phi) is 5.73. The van der Waals surface area contributed by atoms with Crippen LogP contribution >= 0.6 is 0 Å². The molecule has 21 heavy (non-hydrogen) atoms. The minimum atomic E-state index is -0.243. The van der Waals surface area contributed by atoms with E-state index in [1.807, 2.05) is 0 Å². The van der Waals surface area contributed by atoms with Gasteiger partial charge in [-0.25, -0.2) is 4.98 Å². The van der Waals surface area contributed by atoms with Crippen molar-refractivity contribution in [2.24, 2.45) is 0 Å². The topological polar surface area (TPSA) is 82.5 Å². The summed E-state index contributed by atoms with van der Waals surface area (Å²) in [6.07, 6.45) is 4.70. The van der Waals surface area contributed by atoms with E-state index in [4.69, 9.17) is 5.11 Å². The first-order valence-corrected chi connectivity index (χ1v) is 7.24. The molecule has 1 aromatic heterocycles. The van der Waals surface area contributed by atoms with Gasteiger partial charge in [-0.15, -0.1) is 0 Å². The molecular weight excluding hydrogens is 268 g/mol. The predicted molar refractivity (Wildman–Crippen MR) is 78.5 cm³/mol. The number of amides is 1. The van der Waals surface area contributed by atoms with E-state index in [0.717, 1.165) is 25.7 Å². The zero-order valence-corrected chi connectivity index (χ0v) is 11.9. The normalized spacial score (nSPS) is 21.2. The monoisotopic (exact) mass is 288 g/mol. The first-order chi connectivity index (χ1) is 10.2. The number of aliphatic hydroxyl groups is 2. The maximum absolute atomic E-state index is 12.3. The average molecular weight is 288 g/mol. The van der Waals surface area contributed by atoms with E-state index >= 15 is 0 Å². The van der Waals surface area contributed by atoms with Crippen LogP contribution in [0, 0.1) is 11.8 Å². The van der Waals surface area contributed by atoms with E-state index in [1.54, 1.807) is 18.3 Å². The molecule has 0 unspecified atom stereocenters. The molecule has 0 spiro atoms. The highest BCUT2D eigenvalue weighted by Gasteiger charge is 2.22. The molecule has 1 heterocycles. The Morgan fingerprint density at radius 1 is 1.38 bits per heavy atom. The standard InChI is InChI=1S/C16H20N2O3/c19-11-2-1-4-12-5-3-10-17-15(12)16(21)18-13-6-8-14(20)9-7-13/h3,5,10,13-14,19-20H,2,6-9,11H2,(H,18,21). The number of nitrogens with zero attached hydrogens (tertiary/aromatic N) is 1. The highest BCUT2D eigenvalue weighted by Crippen LogP contribution is 2.18. The molecule has 112 valence electrons. The van der Waals surface area contributed by atoms with E-state index in [1.165, 1.54) is 0 Å². The zero-order chi connectivity index (χ0) is 15.1. The molecule has 1 amide bonds. The van der Waals surface area contributed by atoms with Crippen LogP contribution < -0.4 is 5.32 Å². The summed E-state index contributed by atoms with van der Waals surface area (Å²) in [6, 6.07) is 3.56. The molecule has 1 aromatic rings. The van der Waals surface area contributed by atoms with Crippen molar-refractivity contribution in [1.82, 2.24) is 10.3 Å². The van der Waals surface area contributed by atoms with Gasteiger partial charge in [0.25, 0.3) is 5.91 Å². The van der Waals surface area contributed by atoms with E-state index in [-0.39, 0.29) is 24.7 Å². The molecule has 3 N–H and O–H groups in total. The lowest BCUT2D eigenvalue weighted by Crippen LogP contribution is -2.39. The predicted octanol–water partition coefficient (Wildman–Crippen LogP) is 0.849. The molecule has 1 aliphatic carbocycles. The smallest absolute Gasteiger partial charge is 0.271 e. The maximum atomic E-state index is 12.3. The SMILES string of the molecule is O=C(NC1CCC(O)CC1)c1ncccc1C#CCCO. The van der Waals surface area contributed by atoms with Gasteiger partial charge in [0.05, 0.1) is 18.3 Å². The van der Waals surface area contributed by atoms with Crippen LogP contribution in [0.5, 0.6) is 0 Å². The second-order valence-electron chi connectivity index (χ2n) is 5.15. The summed E-state index contributed by atoms with van der Waals surface area (Å²) in [4.78, 5) is 16.4. The Bertz CT molecular complexity index is 540. The van der Waals surface area contributed by atoms with Crippen molar-refractivity contribution in [1.29, 1.82) is 0 Å². The molecule has 0 aromatic carbocycles. The van der Waals surface area contributed by atoms with Gasteiger partial charge < -0.3 is 15.5 Å². The summed E-state index contributed by atoms with van der Waals surface area (Å²) in [5, 5.41) is 21.2. The quantitative estimate of drug-likeness (QED) is 0.720. The van der Waals surface area contributed by atoms with Crippen molar-refractivity contribution in [2.75, 3.05) is 6.61 Å². The third-order valence-corrected chi connectivity index (χ3v) is 3.51. The van der Waals surface area contributed by atoms with Crippen LogP contribution in [0.2, 0.25) is 0 Å². The van der Waals surface area contributed by atoms with Gasteiger partial charge in [-0.2, -0.15) is 0 Å². The highest BCUT2D eigenvalue weighted by molar-refractivity contribution is 5.94. The number of hydrogen-bond donors (Lipinski definition) is 3. The van der Waals surface area contributed by atoms with Crippen LogP contribution in [0.4, 0.5) is 0 Å². The number of nitrogens with one attached hydrogen (secondary N) is 1. The molecule has 1 aliphatic rings. The first kappa shape index (κ1) is 15.5. The number of aliphatic hydroxyl groups excluding tert-OH is 2. The van der Waals surface area contributed by atoms with Crippen LogP contribution in [0.1, 0.15) is 48.2 Å². The summed E-state index contributed by atoms with van der Waals surface area (Å²) in [6.45, 7) is -0.000801. The van der Waals surface area contributed by atoms with Crippen LogP contribution in [0.15, 0.2) is 18.3 Å². The van der Waals surface area contributed by atoms with Crippen LogP contribution in [-0.2, 0) is 0 Å². The molecule has 1 fully saturated rings. The molecule has 2 rings (SSSR count). The second kappa shape index (κ2) is 7.77. The Hall–Kier alpha value is -1.90. The third-order valence-electron chi connectivity index (χ3n) is 3.51. The molecule has 0 aliphatic heterocycles. The second-order valence-corrected chi connectivity index (χ2v) is 5.15. The van der Waals surface area contributed by atoms with E-state index in [9.17, 15) is 9.90 Å². The van der Waals surface area contributed by atoms with Crippen molar-refractivity contribution in [3.63, 3.8) is 0 Å². The fourth-order valence-corrected chi connectivity index (χ4v) is 2.37. The molecule has 5 heteroatoms. The fraction of sp³-hybridized carbons (Fsp3) is 0.500. The summed E-state index contributed by atoms with van der Waals surface area (Å²) < 4.78 is 0. The molecule has 0 atom stereocenters. The number of carbonyl (C=O) groups excluding carboxylic acids is 1. The van der Waals surface area contributed by atoms with E-state index in [0.29, 0.717) is 17.7 Å². The number of rotatable bonds is 3. The van der Waals surface area contributed by atoms with Crippen molar-refractivity contribution < 1.29 is 15.0 Å². The summed E-state index contributed by atoms with van der Waals surface area (Å²) in [5.74, 6) is 5.44. The average Bonchev–Trinajstić information content (AvgIpc) is 2.50. The van der Waals surface area contributed by atoms with E-state index in [2.05, 4.69) is 22.1 Å². The van der Waals surface area contributed by atoms with Gasteiger partial charge in [-0.1, -0.05) is 11.8 Å². The summed E-state index contributed by atoms with van der Waals surface area (Å²) in [7, 11) is 0. The molecule has 1 saturated carbocycles. The first-order valence-electron chi connectivity index (χ1n) is 7.24. The number of pyridine rings is 1. The molecule has 5 nitrogen and oxygen atoms in total. The van der Waals surface area contributed by atoms with Gasteiger partial charge in [-0.3, -0.25) is 4.79 Å². The van der Waals surface area contributed by atoms with Crippen molar-refractivity contribution in [2.45, 2.75) is 44.2 Å². The molecular formula is C16H20N2O3. The van der Waals surface area contributed by atoms with Gasteiger partial charge in [0.2, 0.25) is 0 Å². The number of hydrogen-bond acceptors (Lipinski definition) is 4. The van der Waals surface area contributed by atoms with Gasteiger partial charge in [-0.05, 0) is 37.8 Å². The van der Waals surface area contributed by atoms with E-state index < -0.39 is 0 Å². The number of carbonyl (C=O) groups is 1. The van der Waals surface area contributed by atoms with Gasteiger partial charge in [0.15, 0.2) is 0 Å². The Morgan fingerprint density at radius 2 is 2.14 bits per heavy atom. The lowest BCUT2D eigenvalue weighted by atomic mass is 9.93. The Labute approximate surface area is 124 Å². The van der Waals surface area contributed by atoms with Crippen molar-refractivity contribution in [3.05, 3.63) is 29.6 Å². The maximum Gasteiger partial charge on any atom is 0.271 e. The summed E-state index contributed by atoms with van der Waals surface area (Å²) >= 11 is 0. The van der Waals surface area contributed by atoms with Gasteiger partial charge in [0, 0.05) is 18.7 Å². The van der Waals surface area contributed by atoms with Gasteiger partial charge >= 0.3 is 0 Å². The third kappa shape index (κ3) is 4.55. The Balaban J connectivity index is 2.04. The van der Waals surface area contributed by atoms with Crippen LogP contribution in [-0.4, -0.2) is 39.9 Å². The number of aromatic nitrogens is 1. The highest BCUT2D eigenvalue weighted by atomic mass is 16.3. The zero-order valence-electron chi connectivity index (χ0n) is 11.9. The lowest BCUT2D eigenvalue weighted by Gasteiger charge is -2.26. The largest absolute Gasteiger partial charge is 0.395 e. The van der Waals surface area contributed by atoms with Crippen LogP contribution in [0.25, 0.3) is 0 Å². The Morgan fingerprint density at radius 3 is 2.86 bits per heavy atom. The van der Waals surface area contributed by atoms with Crippen molar-refractivity contribution in [3.8, 4) is 11.8 Å². The van der Waals surface area contributed by atoms with Gasteiger partial charge in [0.1, 0.15) is 5.69 Å².